The third kappa shape index (κ3) is 2.19. The van der Waals surface area contributed by atoms with Gasteiger partial charge in [-0.1, -0.05) is 31.2 Å². The van der Waals surface area contributed by atoms with Crippen LogP contribution in [-0.4, -0.2) is 28.9 Å². The van der Waals surface area contributed by atoms with E-state index in [1.165, 1.54) is 11.1 Å². The number of hydrogen-bond donors (Lipinski definition) is 1. The van der Waals surface area contributed by atoms with Crippen molar-refractivity contribution in [3.05, 3.63) is 35.4 Å². The Kier molecular flexibility index (Phi) is 3.65. The Morgan fingerprint density at radius 2 is 2.00 bits per heavy atom. The second kappa shape index (κ2) is 5.30. The van der Waals surface area contributed by atoms with Gasteiger partial charge in [0, 0.05) is 38.1 Å². The average Bonchev–Trinajstić information content (AvgIpc) is 2.76. The fourth-order valence-electron chi connectivity index (χ4n) is 3.84. The van der Waals surface area contributed by atoms with Crippen molar-refractivity contribution in [3.63, 3.8) is 0 Å². The zero-order valence-electron chi connectivity index (χ0n) is 12.1. The maximum absolute atomic E-state index is 11.6. The zero-order chi connectivity index (χ0) is 14.2. The lowest BCUT2D eigenvalue weighted by molar-refractivity contribution is -0.123. The number of hydrogen-bond acceptors (Lipinski definition) is 3. The van der Waals surface area contributed by atoms with Crippen LogP contribution in [0.2, 0.25) is 0 Å². The molecular formula is C17H23NO2. The fraction of sp³-hybridized carbons (Fsp3) is 0.588. The summed E-state index contributed by atoms with van der Waals surface area (Å²) in [7, 11) is 0. The topological polar surface area (TPSA) is 40.5 Å². The smallest absolute Gasteiger partial charge is 0.133 e. The van der Waals surface area contributed by atoms with E-state index in [0.717, 1.165) is 25.9 Å². The predicted octanol–water partition coefficient (Wildman–Crippen LogP) is 2.47. The van der Waals surface area contributed by atoms with E-state index in [0.29, 0.717) is 18.6 Å². The summed E-state index contributed by atoms with van der Waals surface area (Å²) < 4.78 is 0. The molecule has 1 atom stereocenters. The normalized spacial score (nSPS) is 23.0. The van der Waals surface area contributed by atoms with E-state index in [-0.39, 0.29) is 18.1 Å². The highest BCUT2D eigenvalue weighted by molar-refractivity contribution is 5.79. The molecule has 0 bridgehead atoms. The number of aliphatic hydroxyl groups is 1. The molecule has 1 N–H and O–H groups in total. The Morgan fingerprint density at radius 1 is 1.30 bits per heavy atom. The summed E-state index contributed by atoms with van der Waals surface area (Å²) in [6, 6.07) is 8.64. The van der Waals surface area contributed by atoms with Crippen molar-refractivity contribution < 1.29 is 9.90 Å². The second-order valence-corrected chi connectivity index (χ2v) is 6.40. The molecule has 1 fully saturated rings. The number of ketones is 1. The van der Waals surface area contributed by atoms with Crippen LogP contribution in [-0.2, 0) is 16.9 Å². The lowest BCUT2D eigenvalue weighted by Crippen LogP contribution is -2.46. The van der Waals surface area contributed by atoms with Crippen LogP contribution in [0, 0.1) is 5.92 Å². The van der Waals surface area contributed by atoms with Crippen LogP contribution >= 0.6 is 0 Å². The second-order valence-electron chi connectivity index (χ2n) is 6.40. The first-order valence-electron chi connectivity index (χ1n) is 7.62. The van der Waals surface area contributed by atoms with Gasteiger partial charge in [-0.05, 0) is 29.9 Å². The van der Waals surface area contributed by atoms with Crippen molar-refractivity contribution in [2.75, 3.05) is 13.2 Å². The first-order valence-corrected chi connectivity index (χ1v) is 7.62. The molecule has 1 aliphatic heterocycles. The number of nitrogens with zero attached hydrogens (tertiary/aromatic N) is 1. The molecule has 0 radical (unpaired) electrons. The molecular weight excluding hydrogens is 250 g/mol. The van der Waals surface area contributed by atoms with Gasteiger partial charge in [0.1, 0.15) is 5.78 Å². The van der Waals surface area contributed by atoms with Crippen molar-refractivity contribution in [2.24, 2.45) is 5.92 Å². The van der Waals surface area contributed by atoms with E-state index in [9.17, 15) is 9.90 Å². The Balaban J connectivity index is 1.94. The molecule has 0 aromatic heterocycles. The highest BCUT2D eigenvalue weighted by atomic mass is 16.3. The van der Waals surface area contributed by atoms with Gasteiger partial charge in [-0.3, -0.25) is 9.69 Å². The Bertz CT molecular complexity index is 501. The minimum atomic E-state index is 0.0356. The molecule has 108 valence electrons. The molecule has 3 heteroatoms. The summed E-state index contributed by atoms with van der Waals surface area (Å²) >= 11 is 0. The molecule has 1 aromatic carbocycles. The van der Waals surface area contributed by atoms with Crippen LogP contribution in [0.1, 0.15) is 43.7 Å². The minimum absolute atomic E-state index is 0.0356. The predicted molar refractivity (Wildman–Crippen MR) is 78.3 cm³/mol. The van der Waals surface area contributed by atoms with Crippen LogP contribution in [0.5, 0.6) is 0 Å². The number of rotatable bonds is 3. The highest BCUT2D eigenvalue weighted by Gasteiger charge is 2.46. The lowest BCUT2D eigenvalue weighted by Gasteiger charge is -2.43. The van der Waals surface area contributed by atoms with Gasteiger partial charge < -0.3 is 5.11 Å². The Morgan fingerprint density at radius 3 is 2.70 bits per heavy atom. The third-order valence-electron chi connectivity index (χ3n) is 4.96. The number of fused-ring (bicyclic) bond motifs is 2. The summed E-state index contributed by atoms with van der Waals surface area (Å²) in [5, 5.41) is 9.36. The monoisotopic (exact) mass is 273 g/mol. The summed E-state index contributed by atoms with van der Waals surface area (Å²) in [4.78, 5) is 14.1. The van der Waals surface area contributed by atoms with Crippen LogP contribution in [0.4, 0.5) is 0 Å². The Hall–Kier alpha value is -1.19. The van der Waals surface area contributed by atoms with Gasteiger partial charge in [0.25, 0.3) is 0 Å². The number of carbonyl (C=O) groups is 1. The third-order valence-corrected chi connectivity index (χ3v) is 4.96. The highest BCUT2D eigenvalue weighted by Crippen LogP contribution is 2.48. The molecule has 2 aliphatic rings. The van der Waals surface area contributed by atoms with E-state index in [4.69, 9.17) is 0 Å². The van der Waals surface area contributed by atoms with Gasteiger partial charge in [-0.2, -0.15) is 0 Å². The van der Waals surface area contributed by atoms with Crippen LogP contribution in [0.15, 0.2) is 24.3 Å². The maximum atomic E-state index is 11.6. The van der Waals surface area contributed by atoms with Gasteiger partial charge in [0.05, 0.1) is 0 Å². The maximum Gasteiger partial charge on any atom is 0.133 e. The van der Waals surface area contributed by atoms with Gasteiger partial charge >= 0.3 is 0 Å². The molecule has 3 rings (SSSR count). The summed E-state index contributed by atoms with van der Waals surface area (Å²) in [6.07, 6.45) is 3.25. The van der Waals surface area contributed by atoms with Crippen LogP contribution in [0.3, 0.4) is 0 Å². The van der Waals surface area contributed by atoms with Gasteiger partial charge in [-0.25, -0.2) is 0 Å². The molecule has 1 aromatic rings. The van der Waals surface area contributed by atoms with Crippen LogP contribution < -0.4 is 0 Å². The molecule has 20 heavy (non-hydrogen) atoms. The van der Waals surface area contributed by atoms with Crippen molar-refractivity contribution in [1.82, 2.24) is 4.90 Å². The molecule has 1 heterocycles. The van der Waals surface area contributed by atoms with Crippen molar-refractivity contribution in [3.8, 4) is 0 Å². The largest absolute Gasteiger partial charge is 0.396 e. The Labute approximate surface area is 120 Å². The first kappa shape index (κ1) is 13.8. The molecule has 3 nitrogen and oxygen atoms in total. The van der Waals surface area contributed by atoms with Crippen molar-refractivity contribution in [1.29, 1.82) is 0 Å². The lowest BCUT2D eigenvalue weighted by atomic mass is 9.76. The number of aliphatic hydroxyl groups excluding tert-OH is 1. The zero-order valence-corrected chi connectivity index (χ0v) is 12.1. The van der Waals surface area contributed by atoms with Gasteiger partial charge in [0.2, 0.25) is 0 Å². The van der Waals surface area contributed by atoms with E-state index in [1.807, 2.05) is 0 Å². The van der Waals surface area contributed by atoms with Crippen molar-refractivity contribution in [2.45, 2.75) is 44.7 Å². The average molecular weight is 273 g/mol. The van der Waals surface area contributed by atoms with Gasteiger partial charge in [-0.15, -0.1) is 0 Å². The van der Waals surface area contributed by atoms with Gasteiger partial charge in [0.15, 0.2) is 0 Å². The van der Waals surface area contributed by atoms with E-state index in [1.54, 1.807) is 0 Å². The van der Waals surface area contributed by atoms with Crippen molar-refractivity contribution >= 4 is 5.78 Å². The summed E-state index contributed by atoms with van der Waals surface area (Å²) in [5.41, 5.74) is 2.85. The fourth-order valence-corrected chi connectivity index (χ4v) is 3.84. The summed E-state index contributed by atoms with van der Waals surface area (Å²) in [6.45, 7) is 4.17. The van der Waals surface area contributed by atoms with E-state index < -0.39 is 0 Å². The summed E-state index contributed by atoms with van der Waals surface area (Å²) in [5.74, 6) is 0.675. The molecule has 1 spiro atoms. The molecule has 0 amide bonds. The standard InChI is InChI=1S/C17H23NO2/c1-13(12-19)10-18-11-14-4-2-3-5-16(14)17(18)8-6-15(20)7-9-17/h2-5,13,19H,6-12H2,1H3/t13-/m1/s1. The number of Topliss-reactive ketones (excluding diaryl/α,β-unsaturated/α-hetero) is 1. The molecule has 1 aliphatic carbocycles. The molecule has 0 unspecified atom stereocenters. The van der Waals surface area contributed by atoms with Crippen LogP contribution in [0.25, 0.3) is 0 Å². The number of carbonyl (C=O) groups excluding carboxylic acids is 1. The quantitative estimate of drug-likeness (QED) is 0.919. The molecule has 1 saturated carbocycles. The van der Waals surface area contributed by atoms with E-state index in [2.05, 4.69) is 36.1 Å². The minimum Gasteiger partial charge on any atom is -0.396 e. The SMILES string of the molecule is C[C@@H](CO)CN1Cc2ccccc2C12CCC(=O)CC2. The first-order chi connectivity index (χ1) is 9.65. The molecule has 0 saturated heterocycles. The van der Waals surface area contributed by atoms with E-state index >= 15 is 0 Å². The number of benzene rings is 1.